The number of carbonyl (C=O) groups excluding carboxylic acids is 1. The number of nitrogens with zero attached hydrogens (tertiary/aromatic N) is 1. The van der Waals surface area contributed by atoms with E-state index in [-0.39, 0.29) is 5.91 Å². The largest absolute Gasteiger partial charge is 0.479 e. The number of para-hydroxylation sites is 1. The van der Waals surface area contributed by atoms with Gasteiger partial charge in [-0.05, 0) is 37.3 Å². The fourth-order valence-electron chi connectivity index (χ4n) is 2.77. The van der Waals surface area contributed by atoms with E-state index in [0.29, 0.717) is 52.8 Å². The number of carbonyl (C=O) groups is 1. The summed E-state index contributed by atoms with van der Waals surface area (Å²) in [7, 11) is 0. The topological polar surface area (TPSA) is 50.8 Å². The summed E-state index contributed by atoms with van der Waals surface area (Å²) in [6, 6.07) is 10.3. The van der Waals surface area contributed by atoms with E-state index in [1.807, 2.05) is 6.07 Å². The first-order valence-corrected chi connectivity index (χ1v) is 9.63. The van der Waals surface area contributed by atoms with Crippen molar-refractivity contribution < 1.29 is 14.3 Å². The average Bonchev–Trinajstić information content (AvgIpc) is 2.64. The Morgan fingerprint density at radius 3 is 2.59 bits per heavy atom. The van der Waals surface area contributed by atoms with Gasteiger partial charge in [-0.1, -0.05) is 40.9 Å². The van der Waals surface area contributed by atoms with Crippen molar-refractivity contribution in [3.05, 3.63) is 51.5 Å². The molecule has 0 spiro atoms. The molecule has 0 aliphatic carbocycles. The van der Waals surface area contributed by atoms with Gasteiger partial charge in [-0.25, -0.2) is 0 Å². The number of amides is 1. The zero-order chi connectivity index (χ0) is 19.4. The van der Waals surface area contributed by atoms with Crippen molar-refractivity contribution in [3.8, 4) is 5.75 Å². The van der Waals surface area contributed by atoms with Crippen LogP contribution < -0.4 is 15.0 Å². The Morgan fingerprint density at radius 1 is 1.15 bits per heavy atom. The van der Waals surface area contributed by atoms with Gasteiger partial charge < -0.3 is 19.7 Å². The molecule has 1 atom stereocenters. The predicted molar refractivity (Wildman–Crippen MR) is 110 cm³/mol. The van der Waals surface area contributed by atoms with E-state index < -0.39 is 6.10 Å². The number of hydrogen-bond donors (Lipinski definition) is 1. The molecule has 1 N–H and O–H groups in total. The summed E-state index contributed by atoms with van der Waals surface area (Å²) in [6.45, 7) is 4.30. The zero-order valence-corrected chi connectivity index (χ0v) is 16.9. The van der Waals surface area contributed by atoms with Gasteiger partial charge in [0, 0.05) is 18.1 Å². The first kappa shape index (κ1) is 20.1. The fraction of sp³-hybridized carbons (Fsp3) is 0.316. The van der Waals surface area contributed by atoms with Crippen LogP contribution in [-0.4, -0.2) is 38.3 Å². The van der Waals surface area contributed by atoms with E-state index in [9.17, 15) is 4.79 Å². The van der Waals surface area contributed by atoms with Gasteiger partial charge in [0.1, 0.15) is 5.75 Å². The molecule has 5 nitrogen and oxygen atoms in total. The minimum absolute atomic E-state index is 0.308. The molecule has 1 amide bonds. The quantitative estimate of drug-likeness (QED) is 0.735. The van der Waals surface area contributed by atoms with Crippen molar-refractivity contribution in [2.45, 2.75) is 13.0 Å². The Labute approximate surface area is 173 Å². The minimum atomic E-state index is -0.764. The molecule has 1 heterocycles. The number of rotatable bonds is 5. The molecule has 2 aromatic carbocycles. The van der Waals surface area contributed by atoms with E-state index in [4.69, 9.17) is 44.3 Å². The molecule has 1 aliphatic heterocycles. The SMILES string of the molecule is CC(Oc1ccc(Cl)cc1Cl)C(=O)Nc1cccc(Cl)c1N1CCOCC1. The van der Waals surface area contributed by atoms with Gasteiger partial charge in [-0.15, -0.1) is 0 Å². The molecule has 3 rings (SSSR count). The fourth-order valence-corrected chi connectivity index (χ4v) is 3.52. The molecule has 1 aliphatic rings. The van der Waals surface area contributed by atoms with E-state index in [2.05, 4.69) is 10.2 Å². The molecule has 1 unspecified atom stereocenters. The highest BCUT2D eigenvalue weighted by Crippen LogP contribution is 2.35. The molecule has 0 aromatic heterocycles. The monoisotopic (exact) mass is 428 g/mol. The summed E-state index contributed by atoms with van der Waals surface area (Å²) in [5.74, 6) is 0.0843. The molecule has 2 aromatic rings. The maximum Gasteiger partial charge on any atom is 0.265 e. The highest BCUT2D eigenvalue weighted by Gasteiger charge is 2.22. The lowest BCUT2D eigenvalue weighted by Gasteiger charge is -2.31. The molecule has 27 heavy (non-hydrogen) atoms. The second-order valence-corrected chi connectivity index (χ2v) is 7.31. The lowest BCUT2D eigenvalue weighted by Crippen LogP contribution is -2.37. The summed E-state index contributed by atoms with van der Waals surface area (Å²) >= 11 is 18.4. The van der Waals surface area contributed by atoms with Crippen LogP contribution in [0.4, 0.5) is 11.4 Å². The van der Waals surface area contributed by atoms with Gasteiger partial charge in [0.15, 0.2) is 6.10 Å². The third kappa shape index (κ3) is 4.99. The second kappa shape index (κ2) is 9.02. The molecule has 1 saturated heterocycles. The van der Waals surface area contributed by atoms with Crippen LogP contribution in [-0.2, 0) is 9.53 Å². The maximum atomic E-state index is 12.6. The van der Waals surface area contributed by atoms with Gasteiger partial charge in [0.25, 0.3) is 5.91 Å². The standard InChI is InChI=1S/C19H19Cl3N2O3/c1-12(27-17-6-5-13(20)11-15(17)22)19(25)23-16-4-2-3-14(21)18(16)24-7-9-26-10-8-24/h2-6,11-12H,7-10H2,1H3,(H,23,25). The summed E-state index contributed by atoms with van der Waals surface area (Å²) in [4.78, 5) is 14.8. The smallest absolute Gasteiger partial charge is 0.265 e. The first-order chi connectivity index (χ1) is 13.0. The zero-order valence-electron chi connectivity index (χ0n) is 14.7. The van der Waals surface area contributed by atoms with Gasteiger partial charge in [-0.3, -0.25) is 4.79 Å². The van der Waals surface area contributed by atoms with Crippen LogP contribution in [0, 0.1) is 0 Å². The van der Waals surface area contributed by atoms with E-state index >= 15 is 0 Å². The van der Waals surface area contributed by atoms with E-state index in [0.717, 1.165) is 5.69 Å². The Bertz CT molecular complexity index is 826. The molecule has 0 saturated carbocycles. The summed E-state index contributed by atoms with van der Waals surface area (Å²) in [5, 5.41) is 4.32. The molecular weight excluding hydrogens is 411 g/mol. The van der Waals surface area contributed by atoms with Gasteiger partial charge in [0.2, 0.25) is 0 Å². The Morgan fingerprint density at radius 2 is 1.89 bits per heavy atom. The van der Waals surface area contributed by atoms with Crippen molar-refractivity contribution in [3.63, 3.8) is 0 Å². The van der Waals surface area contributed by atoms with Crippen LogP contribution in [0.25, 0.3) is 0 Å². The van der Waals surface area contributed by atoms with Crippen molar-refractivity contribution in [2.75, 3.05) is 36.5 Å². The molecule has 144 valence electrons. The van der Waals surface area contributed by atoms with Crippen molar-refractivity contribution in [2.24, 2.45) is 0 Å². The highest BCUT2D eigenvalue weighted by molar-refractivity contribution is 6.35. The van der Waals surface area contributed by atoms with Crippen molar-refractivity contribution in [1.82, 2.24) is 0 Å². The van der Waals surface area contributed by atoms with Crippen LogP contribution in [0.15, 0.2) is 36.4 Å². The summed E-state index contributed by atoms with van der Waals surface area (Å²) in [5.41, 5.74) is 1.42. The molecule has 0 bridgehead atoms. The Kier molecular flexibility index (Phi) is 6.71. The number of ether oxygens (including phenoxy) is 2. The number of benzene rings is 2. The van der Waals surface area contributed by atoms with Gasteiger partial charge in [-0.2, -0.15) is 0 Å². The molecular formula is C19H19Cl3N2O3. The number of nitrogens with one attached hydrogen (secondary N) is 1. The van der Waals surface area contributed by atoms with Crippen molar-refractivity contribution >= 4 is 52.1 Å². The number of anilines is 2. The normalized spacial score (nSPS) is 15.3. The van der Waals surface area contributed by atoms with Crippen molar-refractivity contribution in [1.29, 1.82) is 0 Å². The molecule has 0 radical (unpaired) electrons. The highest BCUT2D eigenvalue weighted by atomic mass is 35.5. The average molecular weight is 430 g/mol. The minimum Gasteiger partial charge on any atom is -0.479 e. The van der Waals surface area contributed by atoms with Gasteiger partial charge >= 0.3 is 0 Å². The third-order valence-corrected chi connectivity index (χ3v) is 4.97. The maximum absolute atomic E-state index is 12.6. The number of hydrogen-bond acceptors (Lipinski definition) is 4. The third-order valence-electron chi connectivity index (χ3n) is 4.14. The Hall–Kier alpha value is -1.66. The number of halogens is 3. The van der Waals surface area contributed by atoms with Crippen LogP contribution in [0.5, 0.6) is 5.75 Å². The van der Waals surface area contributed by atoms with Crippen LogP contribution in [0.3, 0.4) is 0 Å². The lowest BCUT2D eigenvalue weighted by molar-refractivity contribution is -0.122. The summed E-state index contributed by atoms with van der Waals surface area (Å²) < 4.78 is 11.1. The van der Waals surface area contributed by atoms with Crippen LogP contribution in [0.1, 0.15) is 6.92 Å². The summed E-state index contributed by atoms with van der Waals surface area (Å²) in [6.07, 6.45) is -0.764. The van der Waals surface area contributed by atoms with Gasteiger partial charge in [0.05, 0.1) is 34.6 Å². The molecule has 1 fully saturated rings. The Balaban J connectivity index is 1.74. The van der Waals surface area contributed by atoms with Crippen LogP contribution in [0.2, 0.25) is 15.1 Å². The molecule has 8 heteroatoms. The second-order valence-electron chi connectivity index (χ2n) is 6.06. The predicted octanol–water partition coefficient (Wildman–Crippen LogP) is 4.89. The van der Waals surface area contributed by atoms with E-state index in [1.165, 1.54) is 0 Å². The lowest BCUT2D eigenvalue weighted by atomic mass is 10.2. The van der Waals surface area contributed by atoms with Crippen LogP contribution >= 0.6 is 34.8 Å². The van der Waals surface area contributed by atoms with E-state index in [1.54, 1.807) is 37.3 Å². The first-order valence-electron chi connectivity index (χ1n) is 8.49. The number of morpholine rings is 1.